The summed E-state index contributed by atoms with van der Waals surface area (Å²) in [7, 11) is 4.54. The second kappa shape index (κ2) is 18.8. The van der Waals surface area contributed by atoms with Gasteiger partial charge in [0.15, 0.2) is 0 Å². The maximum atomic E-state index is 7.75. The molecule has 4 aromatic carbocycles. The summed E-state index contributed by atoms with van der Waals surface area (Å²) in [6.07, 6.45) is 2.28. The van der Waals surface area contributed by atoms with Gasteiger partial charge in [0.05, 0.1) is 18.5 Å². The fraction of sp³-hybridized carbons (Fsp3) is 0.306. The normalized spacial score (nSPS) is 10.8. The Morgan fingerprint density at radius 2 is 0.976 bits per heavy atom. The van der Waals surface area contributed by atoms with E-state index in [0.717, 1.165) is 34.0 Å². The van der Waals surface area contributed by atoms with Crippen LogP contribution in [-0.2, 0) is 22.1 Å². The monoisotopic (exact) mass is 706 g/mol. The molecule has 0 aromatic heterocycles. The SMILES string of the molecule is Cc1cc(C)cc(-c2cc(C)cc(PCC[N-]CC[PH+](c3cc(C)cc(C)c3)c3cc(C)cc(C)c3)c2)c1.[CH-]=O.[Cl][RuH+2]. The topological polar surface area (TPSA) is 31.2 Å². The van der Waals surface area contributed by atoms with Crippen molar-refractivity contribution in [1.82, 2.24) is 0 Å². The van der Waals surface area contributed by atoms with Gasteiger partial charge in [-0.3, -0.25) is 6.79 Å². The number of halogens is 1. The molecular formula is C36H45ClNOP2Ru+. The van der Waals surface area contributed by atoms with E-state index in [9.17, 15) is 0 Å². The molecule has 0 aliphatic carbocycles. The van der Waals surface area contributed by atoms with Crippen LogP contribution in [0.1, 0.15) is 38.9 Å². The van der Waals surface area contributed by atoms with Crippen LogP contribution in [0.5, 0.6) is 0 Å². The zero-order valence-electron chi connectivity index (χ0n) is 25.9. The molecule has 2 nitrogen and oxygen atoms in total. The van der Waals surface area contributed by atoms with E-state index in [-0.39, 0.29) is 0 Å². The molecule has 0 aliphatic heterocycles. The van der Waals surface area contributed by atoms with Crippen molar-refractivity contribution in [2.45, 2.75) is 48.5 Å². The summed E-state index contributed by atoms with van der Waals surface area (Å²) in [6, 6.07) is 28.1. The van der Waals surface area contributed by atoms with Gasteiger partial charge in [-0.2, -0.15) is 0 Å². The van der Waals surface area contributed by atoms with E-state index in [2.05, 4.69) is 138 Å². The standard InChI is InChI=1S/C35H42NP2.CHO.ClH.Ru.H/c1-24-12-25(2)16-31(15-24)32-17-30(7)18-33(23-32)37-10-8-36-9-11-38(34-19-26(3)13-27(4)20-34)35-21-28(5)14-29(6)22-35;1-2;;;/h12-23,37H,8-11H2,1-7H3;1H;1H;;/q2*-1;;+3;. The molecule has 4 rings (SSSR count). The van der Waals surface area contributed by atoms with Gasteiger partial charge < -0.3 is 10.1 Å². The second-order valence-corrected chi connectivity index (χ2v) is 15.1. The fourth-order valence-electron chi connectivity index (χ4n) is 5.53. The Labute approximate surface area is 271 Å². The van der Waals surface area contributed by atoms with Crippen LogP contribution in [0.15, 0.2) is 72.8 Å². The summed E-state index contributed by atoms with van der Waals surface area (Å²) >= 11 is 1.62. The van der Waals surface area contributed by atoms with Gasteiger partial charge in [0.25, 0.3) is 0 Å². The Balaban J connectivity index is 0.00000148. The van der Waals surface area contributed by atoms with E-state index < -0.39 is 7.92 Å². The fourth-order valence-corrected chi connectivity index (χ4v) is 9.57. The number of aryl methyl sites for hydroxylation is 7. The summed E-state index contributed by atoms with van der Waals surface area (Å²) in [4.78, 5) is 7.75. The third-order valence-electron chi connectivity index (χ3n) is 6.89. The van der Waals surface area contributed by atoms with E-state index in [0.29, 0.717) is 0 Å². The molecule has 1 atom stereocenters. The molecule has 224 valence electrons. The van der Waals surface area contributed by atoms with Crippen LogP contribution in [0.3, 0.4) is 0 Å². The van der Waals surface area contributed by atoms with Crippen molar-refractivity contribution >= 4 is 48.9 Å². The molecule has 0 amide bonds. The molecule has 0 N–H and O–H groups in total. The number of hydrogen-bond donors (Lipinski definition) is 0. The average Bonchev–Trinajstić information content (AvgIpc) is 2.93. The third kappa shape index (κ3) is 11.8. The van der Waals surface area contributed by atoms with Crippen LogP contribution in [0.4, 0.5) is 0 Å². The summed E-state index contributed by atoms with van der Waals surface area (Å²) in [5, 5.41) is 9.52. The van der Waals surface area contributed by atoms with E-state index in [1.807, 2.05) is 0 Å². The van der Waals surface area contributed by atoms with Crippen LogP contribution >= 0.6 is 26.2 Å². The second-order valence-electron chi connectivity index (χ2n) is 11.0. The molecule has 0 saturated carbocycles. The van der Waals surface area contributed by atoms with Crippen molar-refractivity contribution in [3.8, 4) is 11.1 Å². The van der Waals surface area contributed by atoms with Gasteiger partial charge in [-0.15, -0.1) is 13.1 Å². The van der Waals surface area contributed by atoms with Crippen molar-refractivity contribution < 1.29 is 22.1 Å². The molecule has 6 heteroatoms. The molecular weight excluding hydrogens is 661 g/mol. The molecule has 0 saturated heterocycles. The molecule has 0 radical (unpaired) electrons. The maximum absolute atomic E-state index is 7.75. The molecule has 0 heterocycles. The number of rotatable bonds is 10. The zero-order valence-corrected chi connectivity index (χ0v) is 30.6. The summed E-state index contributed by atoms with van der Waals surface area (Å²) in [5.74, 6) is 0. The van der Waals surface area contributed by atoms with Gasteiger partial charge in [0.2, 0.25) is 0 Å². The van der Waals surface area contributed by atoms with Gasteiger partial charge in [0.1, 0.15) is 0 Å². The number of benzene rings is 4. The van der Waals surface area contributed by atoms with Crippen molar-refractivity contribution in [3.05, 3.63) is 117 Å². The van der Waals surface area contributed by atoms with E-state index in [1.54, 1.807) is 17.3 Å². The first-order valence-electron chi connectivity index (χ1n) is 14.1. The van der Waals surface area contributed by atoms with Crippen molar-refractivity contribution in [1.29, 1.82) is 0 Å². The predicted octanol–water partition coefficient (Wildman–Crippen LogP) is 8.20. The van der Waals surface area contributed by atoms with Crippen LogP contribution in [-0.4, -0.2) is 32.2 Å². The van der Waals surface area contributed by atoms with Crippen molar-refractivity contribution in [2.24, 2.45) is 0 Å². The number of nitrogens with zero attached hydrogens (tertiary/aromatic N) is 1. The predicted molar refractivity (Wildman–Crippen MR) is 190 cm³/mol. The van der Waals surface area contributed by atoms with Crippen LogP contribution < -0.4 is 15.9 Å². The Hall–Kier alpha value is -1.72. The summed E-state index contributed by atoms with van der Waals surface area (Å²) in [6.45, 7) is 20.6. The first kappa shape index (κ1) is 36.5. The molecule has 0 aliphatic rings. The van der Waals surface area contributed by atoms with Gasteiger partial charge in [-0.1, -0.05) is 68.3 Å². The van der Waals surface area contributed by atoms with Crippen molar-refractivity contribution in [3.63, 3.8) is 0 Å². The van der Waals surface area contributed by atoms with Crippen LogP contribution in [0.2, 0.25) is 0 Å². The quantitative estimate of drug-likeness (QED) is 0.0538. The molecule has 4 aromatic rings. The Bertz CT molecular complexity index is 1330. The van der Waals surface area contributed by atoms with E-state index in [4.69, 9.17) is 10.1 Å². The van der Waals surface area contributed by atoms with Gasteiger partial charge in [-0.25, -0.2) is 0 Å². The Morgan fingerprint density at radius 1 is 0.595 bits per heavy atom. The van der Waals surface area contributed by atoms with Crippen LogP contribution in [0.25, 0.3) is 16.4 Å². The molecule has 1 unspecified atom stereocenters. The van der Waals surface area contributed by atoms with Crippen LogP contribution in [0, 0.1) is 48.5 Å². The third-order valence-corrected chi connectivity index (χ3v) is 10.8. The molecule has 42 heavy (non-hydrogen) atoms. The minimum atomic E-state index is -0.867. The molecule has 0 fully saturated rings. The first-order chi connectivity index (χ1) is 20.2. The van der Waals surface area contributed by atoms with Gasteiger partial charge >= 0.3 is 27.0 Å². The first-order valence-corrected chi connectivity index (χ1v) is 19.5. The number of carbonyl (C=O) groups excluding carboxylic acids is 1. The Kier molecular flexibility index (Phi) is 16.4. The van der Waals surface area contributed by atoms with Crippen molar-refractivity contribution in [2.75, 3.05) is 25.4 Å². The summed E-state index contributed by atoms with van der Waals surface area (Å²) in [5.41, 5.74) is 12.1. The number of hydrogen-bond acceptors (Lipinski definition) is 1. The molecule has 0 bridgehead atoms. The molecule has 0 spiro atoms. The van der Waals surface area contributed by atoms with E-state index in [1.165, 1.54) is 66.0 Å². The minimum absolute atomic E-state index is 0.796. The van der Waals surface area contributed by atoms with Gasteiger partial charge in [0, 0.05) is 6.16 Å². The van der Waals surface area contributed by atoms with E-state index >= 15 is 0 Å². The zero-order chi connectivity index (χ0) is 31.2. The summed E-state index contributed by atoms with van der Waals surface area (Å²) < 4.78 is 0. The average molecular weight is 706 g/mol. The Morgan fingerprint density at radius 3 is 1.43 bits per heavy atom. The van der Waals surface area contributed by atoms with Gasteiger partial charge in [-0.05, 0) is 123 Å².